The van der Waals surface area contributed by atoms with Gasteiger partial charge in [0.2, 0.25) is 10.0 Å². The zero-order chi connectivity index (χ0) is 14.0. The average molecular weight is 311 g/mol. The van der Waals surface area contributed by atoms with Gasteiger partial charge in [-0.15, -0.1) is 0 Å². The smallest absolute Gasteiger partial charge is 0.349 e. The van der Waals surface area contributed by atoms with Crippen LogP contribution in [0, 0.1) is 17.8 Å². The number of sulfonamides is 1. The lowest BCUT2D eigenvalue weighted by Crippen LogP contribution is -2.41. The highest BCUT2D eigenvalue weighted by molar-refractivity contribution is 8.02. The summed E-state index contributed by atoms with van der Waals surface area (Å²) < 4.78 is 56.5. The van der Waals surface area contributed by atoms with Gasteiger partial charge >= 0.3 is 16.3 Å². The Bertz CT molecular complexity index is 625. The number of carbonyl (C=O) groups is 1. The zero-order valence-corrected chi connectivity index (χ0v) is 11.6. The van der Waals surface area contributed by atoms with Gasteiger partial charge in [-0.3, -0.25) is 4.79 Å². The first kappa shape index (κ1) is 13.3. The molecular weight excluding hydrogens is 298 g/mol. The van der Waals surface area contributed by atoms with Crippen molar-refractivity contribution in [2.75, 3.05) is 6.26 Å². The van der Waals surface area contributed by atoms with E-state index in [1.807, 2.05) is 0 Å². The molecule has 0 aromatic heterocycles. The third-order valence-electron chi connectivity index (χ3n) is 3.91. The molecule has 0 radical (unpaired) electrons. The molecule has 3 aliphatic rings. The van der Waals surface area contributed by atoms with E-state index >= 15 is 0 Å². The van der Waals surface area contributed by atoms with Crippen LogP contribution in [0.4, 0.5) is 0 Å². The Kier molecular flexibility index (Phi) is 2.73. The molecule has 19 heavy (non-hydrogen) atoms. The van der Waals surface area contributed by atoms with Crippen LogP contribution >= 0.6 is 0 Å². The number of fused-ring (bicyclic) bond motifs is 1. The first-order valence-electron chi connectivity index (χ1n) is 5.78. The van der Waals surface area contributed by atoms with Gasteiger partial charge in [0.15, 0.2) is 0 Å². The summed E-state index contributed by atoms with van der Waals surface area (Å²) in [7, 11) is -8.35. The molecule has 0 aromatic rings. The molecule has 0 amide bonds. The zero-order valence-electron chi connectivity index (χ0n) is 9.98. The first-order chi connectivity index (χ1) is 8.66. The van der Waals surface area contributed by atoms with Crippen molar-refractivity contribution >= 4 is 26.3 Å². The average Bonchev–Trinajstić information content (AvgIpc) is 2.78. The SMILES string of the molecule is CS(=O)(=O)NS(=O)(=O)OC1C2CC3C(=O)OC1C3C2. The normalized spacial score (nSPS) is 40.7. The molecule has 1 heterocycles. The van der Waals surface area contributed by atoms with E-state index in [2.05, 4.69) is 0 Å². The van der Waals surface area contributed by atoms with E-state index in [4.69, 9.17) is 8.92 Å². The molecule has 1 saturated heterocycles. The predicted octanol–water partition coefficient (Wildman–Crippen LogP) is -1.25. The lowest BCUT2D eigenvalue weighted by molar-refractivity contribution is -0.145. The number of rotatable bonds is 4. The van der Waals surface area contributed by atoms with Crippen molar-refractivity contribution in [1.82, 2.24) is 4.13 Å². The highest BCUT2D eigenvalue weighted by atomic mass is 32.3. The second-order valence-corrected chi connectivity index (χ2v) is 8.59. The lowest BCUT2D eigenvalue weighted by Gasteiger charge is -2.24. The van der Waals surface area contributed by atoms with Gasteiger partial charge < -0.3 is 4.74 Å². The molecule has 1 N–H and O–H groups in total. The van der Waals surface area contributed by atoms with Gasteiger partial charge in [-0.1, -0.05) is 4.13 Å². The number of nitrogens with one attached hydrogen (secondary N) is 1. The largest absolute Gasteiger partial charge is 0.459 e. The Hall–Kier alpha value is -0.710. The van der Waals surface area contributed by atoms with Crippen molar-refractivity contribution in [2.24, 2.45) is 17.8 Å². The molecule has 10 heteroatoms. The van der Waals surface area contributed by atoms with Crippen LogP contribution in [0.3, 0.4) is 0 Å². The van der Waals surface area contributed by atoms with E-state index in [0.29, 0.717) is 12.8 Å². The summed E-state index contributed by atoms with van der Waals surface area (Å²) in [6.07, 6.45) is 0.582. The second-order valence-electron chi connectivity index (χ2n) is 5.27. The number of carbonyl (C=O) groups excluding carboxylic acids is 1. The van der Waals surface area contributed by atoms with E-state index in [1.54, 1.807) is 0 Å². The standard InChI is InChI=1S/C9H13NO7S2/c1-18(12,13)10-19(14,15)17-7-4-2-5-6(3-4)9(11)16-8(5)7/h4-8,10H,2-3H2,1H3. The molecule has 2 aliphatic carbocycles. The molecule has 108 valence electrons. The first-order valence-corrected chi connectivity index (χ1v) is 9.08. The van der Waals surface area contributed by atoms with Gasteiger partial charge in [-0.25, -0.2) is 12.6 Å². The summed E-state index contributed by atoms with van der Waals surface area (Å²) in [6, 6.07) is 0. The van der Waals surface area contributed by atoms with Crippen LogP contribution in [0.5, 0.6) is 0 Å². The Balaban J connectivity index is 1.77. The number of esters is 1. The highest BCUT2D eigenvalue weighted by Crippen LogP contribution is 2.55. The van der Waals surface area contributed by atoms with Gasteiger partial charge in [0.1, 0.15) is 12.2 Å². The third-order valence-corrected chi connectivity index (χ3v) is 6.41. The van der Waals surface area contributed by atoms with Gasteiger partial charge in [-0.2, -0.15) is 8.42 Å². The van der Waals surface area contributed by atoms with E-state index in [0.717, 1.165) is 6.26 Å². The second kappa shape index (κ2) is 3.90. The quantitative estimate of drug-likeness (QED) is 0.645. The van der Waals surface area contributed by atoms with Crippen molar-refractivity contribution in [3.8, 4) is 0 Å². The van der Waals surface area contributed by atoms with Crippen molar-refractivity contribution in [3.63, 3.8) is 0 Å². The van der Waals surface area contributed by atoms with E-state index in [-0.39, 0.29) is 23.7 Å². The van der Waals surface area contributed by atoms with E-state index in [1.165, 1.54) is 4.13 Å². The molecule has 1 aliphatic heterocycles. The molecule has 0 aromatic carbocycles. The van der Waals surface area contributed by atoms with Crippen LogP contribution in [0.1, 0.15) is 12.8 Å². The highest BCUT2D eigenvalue weighted by Gasteiger charge is 2.63. The van der Waals surface area contributed by atoms with Crippen molar-refractivity contribution < 1.29 is 30.6 Å². The Morgan fingerprint density at radius 1 is 1.26 bits per heavy atom. The molecule has 2 bridgehead atoms. The minimum Gasteiger partial charge on any atom is -0.459 e. The number of hydrogen-bond acceptors (Lipinski definition) is 7. The Labute approximate surface area is 110 Å². The molecule has 3 rings (SSSR count). The maximum absolute atomic E-state index is 11.6. The van der Waals surface area contributed by atoms with Crippen LogP contribution in [0.25, 0.3) is 0 Å². The fourth-order valence-electron chi connectivity index (χ4n) is 3.39. The maximum atomic E-state index is 11.6. The molecule has 0 spiro atoms. The molecule has 2 saturated carbocycles. The summed E-state index contributed by atoms with van der Waals surface area (Å²) >= 11 is 0. The number of ether oxygens (including phenoxy) is 1. The Morgan fingerprint density at radius 2 is 1.95 bits per heavy atom. The summed E-state index contributed by atoms with van der Waals surface area (Å²) in [6.45, 7) is 0. The Morgan fingerprint density at radius 3 is 2.58 bits per heavy atom. The topological polar surface area (TPSA) is 116 Å². The minimum absolute atomic E-state index is 0.00377. The van der Waals surface area contributed by atoms with Gasteiger partial charge in [0.25, 0.3) is 0 Å². The predicted molar refractivity (Wildman–Crippen MR) is 61.4 cm³/mol. The van der Waals surface area contributed by atoms with Crippen molar-refractivity contribution in [1.29, 1.82) is 0 Å². The fraction of sp³-hybridized carbons (Fsp3) is 0.889. The molecule has 3 fully saturated rings. The van der Waals surface area contributed by atoms with Crippen LogP contribution < -0.4 is 4.13 Å². The van der Waals surface area contributed by atoms with Crippen LogP contribution in [0.2, 0.25) is 0 Å². The third kappa shape index (κ3) is 2.26. The van der Waals surface area contributed by atoms with Crippen LogP contribution in [-0.4, -0.2) is 41.3 Å². The lowest BCUT2D eigenvalue weighted by atomic mass is 9.88. The molecule has 8 nitrogen and oxygen atoms in total. The summed E-state index contributed by atoms with van der Waals surface area (Å²) in [5.41, 5.74) is 0. The molecule has 5 unspecified atom stereocenters. The van der Waals surface area contributed by atoms with E-state index in [9.17, 15) is 21.6 Å². The van der Waals surface area contributed by atoms with Gasteiger partial charge in [-0.05, 0) is 18.8 Å². The van der Waals surface area contributed by atoms with Crippen molar-refractivity contribution in [3.05, 3.63) is 0 Å². The van der Waals surface area contributed by atoms with Crippen LogP contribution in [0.15, 0.2) is 0 Å². The number of hydrogen-bond donors (Lipinski definition) is 1. The maximum Gasteiger partial charge on any atom is 0.349 e. The fourth-order valence-corrected chi connectivity index (χ4v) is 5.59. The van der Waals surface area contributed by atoms with E-state index < -0.39 is 32.5 Å². The van der Waals surface area contributed by atoms with Crippen molar-refractivity contribution in [2.45, 2.75) is 25.0 Å². The summed E-state index contributed by atoms with van der Waals surface area (Å²) in [5, 5.41) is 0. The summed E-state index contributed by atoms with van der Waals surface area (Å²) in [5.74, 6) is -0.545. The molecular formula is C9H13NO7S2. The molecule has 5 atom stereocenters. The van der Waals surface area contributed by atoms with Crippen LogP contribution in [-0.2, 0) is 34.0 Å². The van der Waals surface area contributed by atoms with Gasteiger partial charge in [0.05, 0.1) is 12.2 Å². The monoisotopic (exact) mass is 311 g/mol. The van der Waals surface area contributed by atoms with Gasteiger partial charge in [0, 0.05) is 5.92 Å². The minimum atomic E-state index is -4.42. The summed E-state index contributed by atoms with van der Waals surface area (Å²) in [4.78, 5) is 11.5.